The molecule has 1 saturated heterocycles. The summed E-state index contributed by atoms with van der Waals surface area (Å²) in [5, 5.41) is 0. The molecule has 2 aliphatic heterocycles. The molecular formula is C16H18N2O2. The number of benzene rings is 1. The SMILES string of the molecule is O=C1C=CC(=O)N1C1CCCN(Cc2ccccc2)C1. The number of carbonyl (C=O) groups is 2. The van der Waals surface area contributed by atoms with Crippen LogP contribution in [-0.2, 0) is 16.1 Å². The van der Waals surface area contributed by atoms with E-state index >= 15 is 0 Å². The van der Waals surface area contributed by atoms with E-state index in [1.165, 1.54) is 22.6 Å². The van der Waals surface area contributed by atoms with E-state index in [1.807, 2.05) is 18.2 Å². The Kier molecular flexibility index (Phi) is 3.65. The molecule has 0 N–H and O–H groups in total. The molecule has 2 heterocycles. The Labute approximate surface area is 118 Å². The number of carbonyl (C=O) groups excluding carboxylic acids is 2. The van der Waals surface area contributed by atoms with Crippen LogP contribution in [0.3, 0.4) is 0 Å². The summed E-state index contributed by atoms with van der Waals surface area (Å²) in [4.78, 5) is 27.2. The van der Waals surface area contributed by atoms with Crippen LogP contribution in [0.15, 0.2) is 42.5 Å². The van der Waals surface area contributed by atoms with Crippen molar-refractivity contribution < 1.29 is 9.59 Å². The Hall–Kier alpha value is -1.94. The third-order valence-corrected chi connectivity index (χ3v) is 3.94. The smallest absolute Gasteiger partial charge is 0.253 e. The van der Waals surface area contributed by atoms with E-state index in [-0.39, 0.29) is 17.9 Å². The first-order valence-electron chi connectivity index (χ1n) is 7.05. The van der Waals surface area contributed by atoms with Gasteiger partial charge in [0.2, 0.25) is 0 Å². The fourth-order valence-electron chi connectivity index (χ4n) is 3.00. The van der Waals surface area contributed by atoms with E-state index in [0.29, 0.717) is 0 Å². The molecule has 0 bridgehead atoms. The van der Waals surface area contributed by atoms with Crippen LogP contribution in [0, 0.1) is 0 Å². The van der Waals surface area contributed by atoms with Crippen molar-refractivity contribution in [3.63, 3.8) is 0 Å². The second kappa shape index (κ2) is 5.59. The van der Waals surface area contributed by atoms with Gasteiger partial charge in [-0.15, -0.1) is 0 Å². The Bertz CT molecular complexity index is 521. The first-order chi connectivity index (χ1) is 9.74. The zero-order valence-corrected chi connectivity index (χ0v) is 11.4. The van der Waals surface area contributed by atoms with Crippen molar-refractivity contribution in [1.82, 2.24) is 9.80 Å². The summed E-state index contributed by atoms with van der Waals surface area (Å²) < 4.78 is 0. The van der Waals surface area contributed by atoms with Crippen molar-refractivity contribution in [1.29, 1.82) is 0 Å². The third kappa shape index (κ3) is 2.65. The molecule has 0 radical (unpaired) electrons. The third-order valence-electron chi connectivity index (χ3n) is 3.94. The number of piperidine rings is 1. The number of nitrogens with zero attached hydrogens (tertiary/aromatic N) is 2. The zero-order chi connectivity index (χ0) is 13.9. The average molecular weight is 270 g/mol. The first-order valence-corrected chi connectivity index (χ1v) is 7.05. The van der Waals surface area contributed by atoms with Crippen molar-refractivity contribution in [3.05, 3.63) is 48.0 Å². The molecule has 0 spiro atoms. The maximum Gasteiger partial charge on any atom is 0.253 e. The van der Waals surface area contributed by atoms with Gasteiger partial charge in [-0.2, -0.15) is 0 Å². The van der Waals surface area contributed by atoms with Gasteiger partial charge in [0.05, 0.1) is 6.04 Å². The lowest BCUT2D eigenvalue weighted by Gasteiger charge is -2.36. The maximum absolute atomic E-state index is 11.7. The van der Waals surface area contributed by atoms with Gasteiger partial charge in [-0.1, -0.05) is 30.3 Å². The highest BCUT2D eigenvalue weighted by molar-refractivity contribution is 6.13. The van der Waals surface area contributed by atoms with Crippen LogP contribution in [0.5, 0.6) is 0 Å². The first kappa shape index (κ1) is 13.1. The highest BCUT2D eigenvalue weighted by Crippen LogP contribution is 2.20. The normalized spacial score (nSPS) is 23.6. The Morgan fingerprint density at radius 2 is 1.75 bits per heavy atom. The molecule has 3 rings (SSSR count). The number of imide groups is 1. The van der Waals surface area contributed by atoms with Crippen molar-refractivity contribution in [3.8, 4) is 0 Å². The van der Waals surface area contributed by atoms with Crippen LogP contribution in [0.2, 0.25) is 0 Å². The Morgan fingerprint density at radius 1 is 1.05 bits per heavy atom. The lowest BCUT2D eigenvalue weighted by Crippen LogP contribution is -2.49. The van der Waals surface area contributed by atoms with Crippen molar-refractivity contribution in [2.24, 2.45) is 0 Å². The predicted molar refractivity (Wildman–Crippen MR) is 75.7 cm³/mol. The van der Waals surface area contributed by atoms with Gasteiger partial charge in [0.15, 0.2) is 0 Å². The van der Waals surface area contributed by atoms with E-state index < -0.39 is 0 Å². The van der Waals surface area contributed by atoms with E-state index in [1.54, 1.807) is 0 Å². The van der Waals surface area contributed by atoms with E-state index in [4.69, 9.17) is 0 Å². The van der Waals surface area contributed by atoms with Gasteiger partial charge < -0.3 is 0 Å². The number of hydrogen-bond donors (Lipinski definition) is 0. The van der Waals surface area contributed by atoms with Crippen LogP contribution in [0.25, 0.3) is 0 Å². The quantitative estimate of drug-likeness (QED) is 0.783. The van der Waals surface area contributed by atoms with Gasteiger partial charge in [0.1, 0.15) is 0 Å². The summed E-state index contributed by atoms with van der Waals surface area (Å²) in [6.07, 6.45) is 4.68. The largest absolute Gasteiger partial charge is 0.297 e. The number of rotatable bonds is 3. The highest BCUT2D eigenvalue weighted by atomic mass is 16.2. The molecule has 1 aromatic carbocycles. The summed E-state index contributed by atoms with van der Waals surface area (Å²) in [7, 11) is 0. The van der Waals surface area contributed by atoms with Crippen LogP contribution >= 0.6 is 0 Å². The minimum absolute atomic E-state index is 0.0162. The second-order valence-corrected chi connectivity index (χ2v) is 5.40. The van der Waals surface area contributed by atoms with Gasteiger partial charge in [-0.3, -0.25) is 19.4 Å². The predicted octanol–water partition coefficient (Wildman–Crippen LogP) is 1.58. The molecule has 0 saturated carbocycles. The van der Waals surface area contributed by atoms with Gasteiger partial charge in [-0.05, 0) is 24.9 Å². The topological polar surface area (TPSA) is 40.6 Å². The summed E-state index contributed by atoms with van der Waals surface area (Å²) in [6, 6.07) is 10.3. The lowest BCUT2D eigenvalue weighted by molar-refractivity contribution is -0.140. The molecular weight excluding hydrogens is 252 g/mol. The van der Waals surface area contributed by atoms with Gasteiger partial charge in [-0.25, -0.2) is 0 Å². The molecule has 0 aliphatic carbocycles. The van der Waals surface area contributed by atoms with Crippen LogP contribution in [0.1, 0.15) is 18.4 Å². The molecule has 1 unspecified atom stereocenters. The van der Waals surface area contributed by atoms with E-state index in [2.05, 4.69) is 17.0 Å². The van der Waals surface area contributed by atoms with Crippen molar-refractivity contribution >= 4 is 11.8 Å². The summed E-state index contributed by atoms with van der Waals surface area (Å²) in [5.74, 6) is -0.330. The monoisotopic (exact) mass is 270 g/mol. The summed E-state index contributed by atoms with van der Waals surface area (Å²) in [5.41, 5.74) is 1.27. The van der Waals surface area contributed by atoms with Crippen molar-refractivity contribution in [2.75, 3.05) is 13.1 Å². The molecule has 1 aromatic rings. The number of amides is 2. The molecule has 2 amide bonds. The zero-order valence-electron chi connectivity index (χ0n) is 11.4. The number of likely N-dealkylation sites (tertiary alicyclic amines) is 1. The van der Waals surface area contributed by atoms with Gasteiger partial charge in [0.25, 0.3) is 11.8 Å². The summed E-state index contributed by atoms with van der Waals surface area (Å²) >= 11 is 0. The molecule has 2 aliphatic rings. The Morgan fingerprint density at radius 3 is 2.45 bits per heavy atom. The van der Waals surface area contributed by atoms with Crippen LogP contribution < -0.4 is 0 Å². The highest BCUT2D eigenvalue weighted by Gasteiger charge is 2.33. The molecule has 4 heteroatoms. The van der Waals surface area contributed by atoms with E-state index in [9.17, 15) is 9.59 Å². The maximum atomic E-state index is 11.7. The summed E-state index contributed by atoms with van der Waals surface area (Å²) in [6.45, 7) is 2.67. The fourth-order valence-corrected chi connectivity index (χ4v) is 3.00. The van der Waals surface area contributed by atoms with Gasteiger partial charge >= 0.3 is 0 Å². The minimum Gasteiger partial charge on any atom is -0.297 e. The molecule has 104 valence electrons. The van der Waals surface area contributed by atoms with Crippen LogP contribution in [-0.4, -0.2) is 40.7 Å². The molecule has 1 atom stereocenters. The van der Waals surface area contributed by atoms with Gasteiger partial charge in [0, 0.05) is 25.2 Å². The lowest BCUT2D eigenvalue weighted by atomic mass is 10.0. The fraction of sp³-hybridized carbons (Fsp3) is 0.375. The van der Waals surface area contributed by atoms with Crippen LogP contribution in [0.4, 0.5) is 0 Å². The second-order valence-electron chi connectivity index (χ2n) is 5.40. The Balaban J connectivity index is 1.65. The number of hydrogen-bond acceptors (Lipinski definition) is 3. The molecule has 20 heavy (non-hydrogen) atoms. The molecule has 1 fully saturated rings. The molecule has 0 aromatic heterocycles. The van der Waals surface area contributed by atoms with E-state index in [0.717, 1.165) is 32.5 Å². The standard InChI is InChI=1S/C16H18N2O2/c19-15-8-9-16(20)18(15)14-7-4-10-17(12-14)11-13-5-2-1-3-6-13/h1-3,5-6,8-9,14H,4,7,10-12H2. The minimum atomic E-state index is -0.165. The molecule has 4 nitrogen and oxygen atoms in total. The van der Waals surface area contributed by atoms with Crippen molar-refractivity contribution in [2.45, 2.75) is 25.4 Å². The average Bonchev–Trinajstić information content (AvgIpc) is 2.80.